The van der Waals surface area contributed by atoms with Crippen LogP contribution in [0.25, 0.3) is 11.0 Å². The Kier molecular flexibility index (Phi) is 4.94. The third-order valence-corrected chi connectivity index (χ3v) is 5.69. The van der Waals surface area contributed by atoms with E-state index in [-0.39, 0.29) is 16.9 Å². The molecule has 11 heteroatoms. The molecule has 0 fully saturated rings. The van der Waals surface area contributed by atoms with Crippen molar-refractivity contribution in [2.75, 3.05) is 22.9 Å². The molecule has 1 aromatic carbocycles. The van der Waals surface area contributed by atoms with Gasteiger partial charge in [0.2, 0.25) is 20.3 Å². The summed E-state index contributed by atoms with van der Waals surface area (Å²) in [6.45, 7) is -0.208. The van der Waals surface area contributed by atoms with E-state index < -0.39 is 15.9 Å². The zero-order chi connectivity index (χ0) is 19.7. The molecule has 0 saturated carbocycles. The van der Waals surface area contributed by atoms with E-state index in [9.17, 15) is 13.2 Å². The van der Waals surface area contributed by atoms with Gasteiger partial charge in [-0.3, -0.25) is 14.8 Å². The van der Waals surface area contributed by atoms with Crippen molar-refractivity contribution in [3.8, 4) is 5.75 Å². The maximum absolute atomic E-state index is 12.1. The molecule has 0 radical (unpaired) electrons. The molecule has 1 aliphatic rings. The monoisotopic (exact) mass is 422 g/mol. The first-order valence-corrected chi connectivity index (χ1v) is 11.4. The van der Waals surface area contributed by atoms with Gasteiger partial charge in [-0.25, -0.2) is 8.42 Å². The molecule has 2 N–H and O–H groups in total. The minimum atomic E-state index is -3.45. The van der Waals surface area contributed by atoms with Crippen LogP contribution in [0.1, 0.15) is 24.2 Å². The van der Waals surface area contributed by atoms with Gasteiger partial charge in [-0.2, -0.15) is 0 Å². The number of nitrogens with one attached hydrogen (secondary N) is 2. The zero-order valence-corrected chi connectivity index (χ0v) is 16.7. The number of carbonyl (C=O) groups excluding carboxylic acids is 1. The Bertz CT molecular complexity index is 1140. The lowest BCUT2D eigenvalue weighted by molar-refractivity contribution is -0.118. The average molecular weight is 422 g/mol. The highest BCUT2D eigenvalue weighted by Gasteiger charge is 2.18. The molecule has 1 aliphatic carbocycles. The summed E-state index contributed by atoms with van der Waals surface area (Å²) >= 11 is 0.916. The number of anilines is 2. The Balaban J connectivity index is 1.38. The van der Waals surface area contributed by atoms with E-state index in [2.05, 4.69) is 20.2 Å². The lowest BCUT2D eigenvalue weighted by Crippen LogP contribution is -2.20. The Labute approximate surface area is 165 Å². The van der Waals surface area contributed by atoms with Gasteiger partial charge in [-0.1, -0.05) is 11.3 Å². The van der Waals surface area contributed by atoms with Crippen LogP contribution in [0.3, 0.4) is 0 Å². The van der Waals surface area contributed by atoms with Crippen molar-refractivity contribution in [2.45, 2.75) is 25.7 Å². The molecular formula is C17H18N4O5S2. The first-order valence-electron chi connectivity index (χ1n) is 8.66. The van der Waals surface area contributed by atoms with Crippen LogP contribution in [-0.2, 0) is 27.7 Å². The predicted molar refractivity (Wildman–Crippen MR) is 105 cm³/mol. The number of sulfonamides is 1. The predicted octanol–water partition coefficient (Wildman–Crippen LogP) is 2.55. The van der Waals surface area contributed by atoms with Crippen LogP contribution < -0.4 is 14.8 Å². The molecule has 2 aromatic heterocycles. The summed E-state index contributed by atoms with van der Waals surface area (Å²) in [5.74, 6) is 1.20. The zero-order valence-electron chi connectivity index (χ0n) is 15.0. The molecule has 0 bridgehead atoms. The minimum Gasteiger partial charge on any atom is -0.484 e. The number of nitrogens with zero attached hydrogens (tertiary/aromatic N) is 2. The summed E-state index contributed by atoms with van der Waals surface area (Å²) in [5.41, 5.74) is 2.07. The first-order chi connectivity index (χ1) is 13.4. The van der Waals surface area contributed by atoms with Crippen molar-refractivity contribution in [1.82, 2.24) is 10.2 Å². The Morgan fingerprint density at radius 1 is 1.25 bits per heavy atom. The number of aromatic nitrogens is 2. The van der Waals surface area contributed by atoms with Gasteiger partial charge in [0.1, 0.15) is 17.1 Å². The smallest absolute Gasteiger partial charge is 0.264 e. The second-order valence-electron chi connectivity index (χ2n) is 6.49. The Morgan fingerprint density at radius 3 is 2.86 bits per heavy atom. The molecule has 2 heterocycles. The van der Waals surface area contributed by atoms with E-state index >= 15 is 0 Å². The third-order valence-electron chi connectivity index (χ3n) is 4.24. The van der Waals surface area contributed by atoms with E-state index in [0.717, 1.165) is 60.0 Å². The number of hydrogen-bond donors (Lipinski definition) is 2. The number of rotatable bonds is 6. The molecule has 0 saturated heterocycles. The van der Waals surface area contributed by atoms with Crippen LogP contribution in [0.2, 0.25) is 0 Å². The maximum Gasteiger partial charge on any atom is 0.264 e. The highest BCUT2D eigenvalue weighted by atomic mass is 32.2. The van der Waals surface area contributed by atoms with Gasteiger partial charge in [0, 0.05) is 17.4 Å². The van der Waals surface area contributed by atoms with Gasteiger partial charge in [-0.05, 0) is 37.5 Å². The lowest BCUT2D eigenvalue weighted by atomic mass is 9.96. The van der Waals surface area contributed by atoms with E-state index in [1.165, 1.54) is 5.56 Å². The van der Waals surface area contributed by atoms with E-state index in [1.807, 2.05) is 12.1 Å². The number of aryl methyl sites for hydroxylation is 2. The topological polar surface area (TPSA) is 123 Å². The molecule has 1 amide bonds. The summed E-state index contributed by atoms with van der Waals surface area (Å²) in [4.78, 5) is 12.1. The SMILES string of the molecule is CS(=O)(=O)Nc1nnc(NC(=O)COc2ccc3oc4c(c3c2)CCCC4)s1. The van der Waals surface area contributed by atoms with Crippen LogP contribution in [0.5, 0.6) is 5.75 Å². The molecule has 28 heavy (non-hydrogen) atoms. The average Bonchev–Trinajstić information content (AvgIpc) is 3.22. The van der Waals surface area contributed by atoms with E-state index in [0.29, 0.717) is 5.75 Å². The molecule has 0 aliphatic heterocycles. The molecule has 148 valence electrons. The summed E-state index contributed by atoms with van der Waals surface area (Å²) in [7, 11) is -3.45. The van der Waals surface area contributed by atoms with Crippen LogP contribution >= 0.6 is 11.3 Å². The number of ether oxygens (including phenoxy) is 1. The second-order valence-corrected chi connectivity index (χ2v) is 9.22. The van der Waals surface area contributed by atoms with Crippen molar-refractivity contribution in [3.05, 3.63) is 29.5 Å². The van der Waals surface area contributed by atoms with Gasteiger partial charge in [0.15, 0.2) is 6.61 Å². The number of fused-ring (bicyclic) bond motifs is 3. The molecule has 0 spiro atoms. The first kappa shape index (κ1) is 18.7. The van der Waals surface area contributed by atoms with E-state index in [4.69, 9.17) is 9.15 Å². The largest absolute Gasteiger partial charge is 0.484 e. The molecule has 4 rings (SSSR count). The van der Waals surface area contributed by atoms with Gasteiger partial charge >= 0.3 is 0 Å². The lowest BCUT2D eigenvalue weighted by Gasteiger charge is -2.09. The van der Waals surface area contributed by atoms with Crippen LogP contribution in [0.15, 0.2) is 22.6 Å². The van der Waals surface area contributed by atoms with Crippen molar-refractivity contribution in [1.29, 1.82) is 0 Å². The van der Waals surface area contributed by atoms with Gasteiger partial charge < -0.3 is 9.15 Å². The molecule has 3 aromatic rings. The fraction of sp³-hybridized carbons (Fsp3) is 0.353. The summed E-state index contributed by atoms with van der Waals surface area (Å²) in [6, 6.07) is 5.52. The molecular weight excluding hydrogens is 404 g/mol. The highest BCUT2D eigenvalue weighted by Crippen LogP contribution is 2.34. The number of benzene rings is 1. The number of amides is 1. The highest BCUT2D eigenvalue weighted by molar-refractivity contribution is 7.92. The van der Waals surface area contributed by atoms with Gasteiger partial charge in [-0.15, -0.1) is 10.2 Å². The standard InChI is InChI=1S/C17H18N4O5S2/c1-28(23,24)21-17-20-19-16(27-17)18-15(22)9-25-10-6-7-14-12(8-10)11-4-2-3-5-13(11)26-14/h6-8H,2-5,9H2,1H3,(H,20,21)(H,18,19,22). The number of hydrogen-bond acceptors (Lipinski definition) is 8. The second kappa shape index (κ2) is 7.40. The molecule has 9 nitrogen and oxygen atoms in total. The maximum atomic E-state index is 12.1. The quantitative estimate of drug-likeness (QED) is 0.626. The van der Waals surface area contributed by atoms with Crippen molar-refractivity contribution in [2.24, 2.45) is 0 Å². The van der Waals surface area contributed by atoms with Gasteiger partial charge in [0.25, 0.3) is 5.91 Å². The molecule has 0 atom stereocenters. The van der Waals surface area contributed by atoms with Crippen LogP contribution in [0, 0.1) is 0 Å². The fourth-order valence-corrected chi connectivity index (χ4v) is 4.60. The van der Waals surface area contributed by atoms with Crippen molar-refractivity contribution in [3.63, 3.8) is 0 Å². The Morgan fingerprint density at radius 2 is 2.04 bits per heavy atom. The van der Waals surface area contributed by atoms with Crippen LogP contribution in [-0.4, -0.2) is 37.4 Å². The molecule has 0 unspecified atom stereocenters. The normalized spacial score (nSPS) is 13.9. The summed E-state index contributed by atoms with van der Waals surface area (Å²) in [6.07, 6.45) is 5.25. The number of carbonyl (C=O) groups is 1. The third kappa shape index (κ3) is 4.25. The minimum absolute atomic E-state index is 0.0777. The fourth-order valence-electron chi connectivity index (χ4n) is 3.11. The van der Waals surface area contributed by atoms with Crippen molar-refractivity contribution >= 4 is 48.5 Å². The van der Waals surface area contributed by atoms with Crippen molar-refractivity contribution < 1.29 is 22.4 Å². The van der Waals surface area contributed by atoms with Crippen LogP contribution in [0.4, 0.5) is 10.3 Å². The summed E-state index contributed by atoms with van der Waals surface area (Å²) < 4.78 is 36.0. The van der Waals surface area contributed by atoms with Gasteiger partial charge in [0.05, 0.1) is 6.26 Å². The van der Waals surface area contributed by atoms with E-state index in [1.54, 1.807) is 6.07 Å². The Hall–Kier alpha value is -2.66. The summed E-state index contributed by atoms with van der Waals surface area (Å²) in [5, 5.41) is 11.2. The number of furan rings is 1.